The summed E-state index contributed by atoms with van der Waals surface area (Å²) in [6.45, 7) is 7.04. The van der Waals surface area contributed by atoms with Gasteiger partial charge in [0.2, 0.25) is 0 Å². The van der Waals surface area contributed by atoms with E-state index in [2.05, 4.69) is 13.2 Å². The number of methoxy groups -OCH3 is 1. The Morgan fingerprint density at radius 2 is 1.17 bits per heavy atom. The molecule has 0 aromatic rings. The zero-order chi connectivity index (χ0) is 26.6. The van der Waals surface area contributed by atoms with Crippen LogP contribution in [0, 0.1) is 10.8 Å². The molecule has 0 aliphatic carbocycles. The van der Waals surface area contributed by atoms with Crippen LogP contribution in [-0.2, 0) is 57.1 Å². The van der Waals surface area contributed by atoms with Crippen molar-refractivity contribution in [1.82, 2.24) is 0 Å². The third-order valence-corrected chi connectivity index (χ3v) is 4.55. The van der Waals surface area contributed by atoms with Crippen LogP contribution in [0.5, 0.6) is 0 Å². The van der Waals surface area contributed by atoms with Gasteiger partial charge < -0.3 is 33.2 Å². The van der Waals surface area contributed by atoms with Gasteiger partial charge in [0.1, 0.15) is 33.0 Å². The third kappa shape index (κ3) is 13.3. The molecule has 0 fully saturated rings. The molecule has 0 saturated carbocycles. The van der Waals surface area contributed by atoms with Crippen molar-refractivity contribution < 1.29 is 57.1 Å². The highest BCUT2D eigenvalue weighted by Crippen LogP contribution is 2.25. The molecule has 0 aromatic carbocycles. The van der Waals surface area contributed by atoms with Crippen LogP contribution in [0.3, 0.4) is 0 Å². The number of rotatable bonds is 22. The summed E-state index contributed by atoms with van der Waals surface area (Å²) < 4.78 is 36.4. The first kappa shape index (κ1) is 31.8. The van der Waals surface area contributed by atoms with E-state index in [1.165, 1.54) is 7.11 Å². The third-order valence-electron chi connectivity index (χ3n) is 4.55. The van der Waals surface area contributed by atoms with Gasteiger partial charge in [-0.2, -0.15) is 0 Å². The lowest BCUT2D eigenvalue weighted by atomic mass is 9.90. The lowest BCUT2D eigenvalue weighted by Gasteiger charge is -2.35. The molecule has 0 unspecified atom stereocenters. The molecule has 0 aromatic heterocycles. The van der Waals surface area contributed by atoms with Gasteiger partial charge in [-0.05, 0) is 6.42 Å². The normalized spacial score (nSPS) is 11.0. The molecule has 0 amide bonds. The maximum Gasteiger partial charge on any atom is 0.330 e. The van der Waals surface area contributed by atoms with Crippen LogP contribution in [0.1, 0.15) is 19.8 Å². The second kappa shape index (κ2) is 18.1. The molecule has 35 heavy (non-hydrogen) atoms. The zero-order valence-corrected chi connectivity index (χ0v) is 20.2. The molecular formula is C23H34O12. The minimum atomic E-state index is -1.24. The lowest BCUT2D eigenvalue weighted by molar-refractivity contribution is -0.166. The molecule has 0 bridgehead atoms. The van der Waals surface area contributed by atoms with Crippen molar-refractivity contribution in [1.29, 1.82) is 0 Å². The highest BCUT2D eigenvalue weighted by molar-refractivity contribution is 5.81. The first-order valence-corrected chi connectivity index (χ1v) is 10.7. The molecule has 0 rings (SSSR count). The number of ether oxygens (including phenoxy) is 7. The first-order valence-electron chi connectivity index (χ1n) is 10.7. The van der Waals surface area contributed by atoms with E-state index < -0.39 is 28.7 Å². The van der Waals surface area contributed by atoms with Gasteiger partial charge in [-0.15, -0.1) is 0 Å². The van der Waals surface area contributed by atoms with E-state index in [4.69, 9.17) is 33.2 Å². The average Bonchev–Trinajstić information content (AvgIpc) is 2.86. The van der Waals surface area contributed by atoms with Crippen molar-refractivity contribution in [2.45, 2.75) is 19.8 Å². The maximum absolute atomic E-state index is 11.9. The summed E-state index contributed by atoms with van der Waals surface area (Å²) in [5, 5.41) is 0. The molecular weight excluding hydrogens is 468 g/mol. The second-order valence-electron chi connectivity index (χ2n) is 7.77. The molecule has 0 aliphatic rings. The highest BCUT2D eigenvalue weighted by atomic mass is 16.6. The largest absolute Gasteiger partial charge is 0.467 e. The Morgan fingerprint density at radius 1 is 0.714 bits per heavy atom. The van der Waals surface area contributed by atoms with E-state index in [0.29, 0.717) is 6.42 Å². The summed E-state index contributed by atoms with van der Waals surface area (Å²) >= 11 is 0. The van der Waals surface area contributed by atoms with Gasteiger partial charge in [-0.25, -0.2) is 9.59 Å². The number of carbonyl (C=O) groups is 5. The number of hydrogen-bond donors (Lipinski definition) is 0. The first-order chi connectivity index (χ1) is 16.8. The van der Waals surface area contributed by atoms with Gasteiger partial charge in [0, 0.05) is 25.7 Å². The van der Waals surface area contributed by atoms with Crippen LogP contribution >= 0.6 is 0 Å². The molecule has 198 valence electrons. The summed E-state index contributed by atoms with van der Waals surface area (Å²) in [6.07, 6.45) is 2.67. The van der Waals surface area contributed by atoms with Crippen LogP contribution < -0.4 is 0 Å². The number of hydrogen-bond acceptors (Lipinski definition) is 12. The van der Waals surface area contributed by atoms with E-state index in [1.807, 2.05) is 0 Å². The fourth-order valence-electron chi connectivity index (χ4n) is 2.79. The predicted octanol–water partition coefficient (Wildman–Crippen LogP) is 0.770. The Balaban J connectivity index is 5.70. The zero-order valence-electron chi connectivity index (χ0n) is 20.2. The van der Waals surface area contributed by atoms with Crippen molar-refractivity contribution >= 4 is 30.9 Å². The van der Waals surface area contributed by atoms with Crippen molar-refractivity contribution in [2.24, 2.45) is 10.8 Å². The minimum Gasteiger partial charge on any atom is -0.467 e. The average molecular weight is 503 g/mol. The van der Waals surface area contributed by atoms with Crippen molar-refractivity contribution in [2.75, 3.05) is 60.0 Å². The Kier molecular flexibility index (Phi) is 16.4. The van der Waals surface area contributed by atoms with E-state index in [0.717, 1.165) is 12.2 Å². The van der Waals surface area contributed by atoms with Crippen LogP contribution in [0.2, 0.25) is 0 Å². The number of carbonyl (C=O) groups excluding carboxylic acids is 5. The van der Waals surface area contributed by atoms with Crippen LogP contribution in [0.25, 0.3) is 0 Å². The molecule has 0 saturated heterocycles. The van der Waals surface area contributed by atoms with Crippen LogP contribution in [0.15, 0.2) is 25.3 Å². The van der Waals surface area contributed by atoms with E-state index in [-0.39, 0.29) is 72.2 Å². The predicted molar refractivity (Wildman–Crippen MR) is 120 cm³/mol. The topological polar surface area (TPSA) is 150 Å². The van der Waals surface area contributed by atoms with Gasteiger partial charge in [-0.1, -0.05) is 20.1 Å². The standard InChI is InChI=1S/C23H34O12/c1-5-8-21(28)35-16-23(12-31-17-24,13-32-18-25)11-30-10-22(9-29-4,14-33-19(26)6-2)15-34-20(27)7-3/h6-7,17-18H,2-3,5,8-16H2,1,4H3. The highest BCUT2D eigenvalue weighted by Gasteiger charge is 2.39. The SMILES string of the molecule is C=CC(=O)OCC(COC)(COCC(COC=O)(COC=O)COC(=O)CCC)COC(=O)C=C. The van der Waals surface area contributed by atoms with Crippen LogP contribution in [-0.4, -0.2) is 90.8 Å². The van der Waals surface area contributed by atoms with E-state index in [1.54, 1.807) is 6.92 Å². The second-order valence-corrected chi connectivity index (χ2v) is 7.77. The summed E-state index contributed by atoms with van der Waals surface area (Å²) in [5.74, 6) is -1.91. The monoisotopic (exact) mass is 502 g/mol. The molecule has 0 N–H and O–H groups in total. The molecule has 0 aliphatic heterocycles. The summed E-state index contributed by atoms with van der Waals surface area (Å²) in [6, 6.07) is 0. The Morgan fingerprint density at radius 3 is 1.57 bits per heavy atom. The lowest BCUT2D eigenvalue weighted by Crippen LogP contribution is -2.46. The fourth-order valence-corrected chi connectivity index (χ4v) is 2.79. The summed E-state index contributed by atoms with van der Waals surface area (Å²) in [5.41, 5.74) is -2.38. The fraction of sp³-hybridized carbons (Fsp3) is 0.609. The van der Waals surface area contributed by atoms with Gasteiger partial charge in [0.25, 0.3) is 12.9 Å². The van der Waals surface area contributed by atoms with Gasteiger partial charge >= 0.3 is 17.9 Å². The van der Waals surface area contributed by atoms with E-state index in [9.17, 15) is 24.0 Å². The molecule has 0 spiro atoms. The quantitative estimate of drug-likeness (QED) is 0.0890. The van der Waals surface area contributed by atoms with Gasteiger partial charge in [-0.3, -0.25) is 14.4 Å². The molecule has 0 heterocycles. The minimum absolute atomic E-state index is 0.0456. The molecule has 0 radical (unpaired) electrons. The Bertz CT molecular complexity index is 667. The van der Waals surface area contributed by atoms with Crippen molar-refractivity contribution in [3.63, 3.8) is 0 Å². The molecule has 12 nitrogen and oxygen atoms in total. The Labute approximate surface area is 204 Å². The Hall–Kier alpha value is -3.25. The summed E-state index contributed by atoms with van der Waals surface area (Å²) in [7, 11) is 1.40. The van der Waals surface area contributed by atoms with E-state index >= 15 is 0 Å². The molecule has 12 heteroatoms. The molecule has 0 atom stereocenters. The number of esters is 3. The van der Waals surface area contributed by atoms with Crippen molar-refractivity contribution in [3.05, 3.63) is 25.3 Å². The maximum atomic E-state index is 11.9. The van der Waals surface area contributed by atoms with Gasteiger partial charge in [0.05, 0.1) is 30.7 Å². The summed E-state index contributed by atoms with van der Waals surface area (Å²) in [4.78, 5) is 56.8. The van der Waals surface area contributed by atoms with Crippen LogP contribution in [0.4, 0.5) is 0 Å². The van der Waals surface area contributed by atoms with Gasteiger partial charge in [0.15, 0.2) is 0 Å². The smallest absolute Gasteiger partial charge is 0.330 e. The van der Waals surface area contributed by atoms with Crippen molar-refractivity contribution in [3.8, 4) is 0 Å².